The van der Waals surface area contributed by atoms with Crippen LogP contribution in [0.5, 0.6) is 11.6 Å². The molecule has 0 aliphatic carbocycles. The summed E-state index contributed by atoms with van der Waals surface area (Å²) in [7, 11) is 1.58. The van der Waals surface area contributed by atoms with E-state index in [9.17, 15) is 10.1 Å². The number of likely N-dealkylation sites (tertiary alicyclic amines) is 1. The summed E-state index contributed by atoms with van der Waals surface area (Å²) in [6.07, 6.45) is 3.78. The maximum absolute atomic E-state index is 12.5. The Kier molecular flexibility index (Phi) is 8.73. The Balaban J connectivity index is 1.28. The monoisotopic (exact) mass is 572 g/mol. The minimum absolute atomic E-state index is 0.0417. The molecule has 2 aliphatic heterocycles. The van der Waals surface area contributed by atoms with Gasteiger partial charge in [0, 0.05) is 49.2 Å². The van der Waals surface area contributed by atoms with E-state index < -0.39 is 5.60 Å². The lowest BCUT2D eigenvalue weighted by atomic mass is 9.99. The summed E-state index contributed by atoms with van der Waals surface area (Å²) in [5.74, 6) is 2.00. The van der Waals surface area contributed by atoms with Gasteiger partial charge < -0.3 is 29.2 Å². The van der Waals surface area contributed by atoms with Crippen molar-refractivity contribution >= 4 is 17.9 Å². The number of benzene rings is 1. The van der Waals surface area contributed by atoms with Gasteiger partial charge >= 0.3 is 6.09 Å². The van der Waals surface area contributed by atoms with Gasteiger partial charge in [-0.1, -0.05) is 0 Å². The van der Waals surface area contributed by atoms with Crippen molar-refractivity contribution in [3.05, 3.63) is 53.7 Å². The molecule has 11 heteroatoms. The van der Waals surface area contributed by atoms with E-state index >= 15 is 0 Å². The molecule has 0 spiro atoms. The van der Waals surface area contributed by atoms with Crippen LogP contribution in [0.25, 0.3) is 11.3 Å². The molecule has 11 nitrogen and oxygen atoms in total. The first-order valence-electron chi connectivity index (χ1n) is 14.1. The first-order valence-corrected chi connectivity index (χ1v) is 14.1. The van der Waals surface area contributed by atoms with E-state index in [2.05, 4.69) is 26.3 Å². The number of hydrogen-bond acceptors (Lipinski definition) is 10. The highest BCUT2D eigenvalue weighted by atomic mass is 16.6. The second-order valence-corrected chi connectivity index (χ2v) is 11.3. The van der Waals surface area contributed by atoms with Crippen LogP contribution in [0.1, 0.15) is 57.1 Å². The molecule has 220 valence electrons. The second kappa shape index (κ2) is 12.6. The van der Waals surface area contributed by atoms with Crippen LogP contribution >= 0.6 is 0 Å². The number of carbonyl (C=O) groups is 1. The van der Waals surface area contributed by atoms with Gasteiger partial charge in [-0.15, -0.1) is 0 Å². The molecule has 2 aliphatic rings. The zero-order chi connectivity index (χ0) is 29.7. The van der Waals surface area contributed by atoms with E-state index in [0.29, 0.717) is 61.0 Å². The lowest BCUT2D eigenvalue weighted by Gasteiger charge is -2.24. The molecule has 2 saturated heterocycles. The fourth-order valence-corrected chi connectivity index (χ4v) is 5.05. The van der Waals surface area contributed by atoms with Crippen molar-refractivity contribution in [2.45, 2.75) is 57.7 Å². The first kappa shape index (κ1) is 29.1. The molecule has 0 bridgehead atoms. The van der Waals surface area contributed by atoms with Crippen molar-refractivity contribution in [2.75, 3.05) is 38.7 Å². The van der Waals surface area contributed by atoms with E-state index in [4.69, 9.17) is 18.9 Å². The van der Waals surface area contributed by atoms with Crippen molar-refractivity contribution in [3.8, 4) is 29.0 Å². The van der Waals surface area contributed by atoms with Crippen LogP contribution < -0.4 is 14.8 Å². The number of nitriles is 1. The van der Waals surface area contributed by atoms with Gasteiger partial charge in [0.1, 0.15) is 29.3 Å². The molecule has 42 heavy (non-hydrogen) atoms. The van der Waals surface area contributed by atoms with Gasteiger partial charge in [0.2, 0.25) is 11.8 Å². The Morgan fingerprint density at radius 2 is 1.93 bits per heavy atom. The number of pyridine rings is 1. The Morgan fingerprint density at radius 3 is 2.67 bits per heavy atom. The zero-order valence-corrected chi connectivity index (χ0v) is 24.4. The maximum Gasteiger partial charge on any atom is 0.410 e. The van der Waals surface area contributed by atoms with Crippen molar-refractivity contribution in [2.24, 2.45) is 0 Å². The molecule has 1 unspecified atom stereocenters. The average molecular weight is 573 g/mol. The molecule has 2 aromatic heterocycles. The van der Waals surface area contributed by atoms with Crippen LogP contribution in [-0.2, 0) is 9.47 Å². The average Bonchev–Trinajstić information content (AvgIpc) is 3.48. The molecule has 0 saturated carbocycles. The maximum atomic E-state index is 12.5. The van der Waals surface area contributed by atoms with Crippen molar-refractivity contribution in [3.63, 3.8) is 0 Å². The minimum atomic E-state index is -0.540. The largest absolute Gasteiger partial charge is 0.489 e. The van der Waals surface area contributed by atoms with Crippen molar-refractivity contribution < 1.29 is 23.7 Å². The van der Waals surface area contributed by atoms with E-state index in [1.165, 1.54) is 0 Å². The summed E-state index contributed by atoms with van der Waals surface area (Å²) in [6.45, 7) is 8.06. The molecule has 1 amide bonds. The molecule has 1 N–H and O–H groups in total. The quantitative estimate of drug-likeness (QED) is 0.390. The van der Waals surface area contributed by atoms with Gasteiger partial charge in [-0.2, -0.15) is 10.2 Å². The third-order valence-corrected chi connectivity index (χ3v) is 7.12. The lowest BCUT2D eigenvalue weighted by Crippen LogP contribution is -2.35. The molecular weight excluding hydrogens is 536 g/mol. The number of nitrogens with one attached hydrogen (secondary N) is 1. The number of nitrogens with zero attached hydrogens (tertiary/aromatic N) is 5. The highest BCUT2D eigenvalue weighted by Crippen LogP contribution is 2.34. The van der Waals surface area contributed by atoms with E-state index in [1.54, 1.807) is 30.3 Å². The fourth-order valence-electron chi connectivity index (χ4n) is 5.05. The van der Waals surface area contributed by atoms with Crippen LogP contribution in [0.3, 0.4) is 0 Å². The summed E-state index contributed by atoms with van der Waals surface area (Å²) < 4.78 is 22.6. The third-order valence-electron chi connectivity index (χ3n) is 7.12. The molecule has 1 aromatic carbocycles. The van der Waals surface area contributed by atoms with E-state index in [-0.39, 0.29) is 18.1 Å². The number of hydrogen-bond donors (Lipinski definition) is 1. The van der Waals surface area contributed by atoms with Crippen LogP contribution in [0.2, 0.25) is 0 Å². The Labute approximate surface area is 245 Å². The lowest BCUT2D eigenvalue weighted by molar-refractivity contribution is 0.0254. The summed E-state index contributed by atoms with van der Waals surface area (Å²) in [4.78, 5) is 27.9. The predicted molar refractivity (Wildman–Crippen MR) is 156 cm³/mol. The van der Waals surface area contributed by atoms with E-state index in [1.807, 2.05) is 45.0 Å². The summed E-state index contributed by atoms with van der Waals surface area (Å²) in [6, 6.07) is 13.3. The van der Waals surface area contributed by atoms with Gasteiger partial charge in [-0.3, -0.25) is 0 Å². The molecule has 0 radical (unpaired) electrons. The molecule has 5 rings (SSSR count). The highest BCUT2D eigenvalue weighted by molar-refractivity contribution is 5.69. The van der Waals surface area contributed by atoms with Gasteiger partial charge in [0.25, 0.3) is 0 Å². The normalized spacial score (nSPS) is 17.4. The smallest absolute Gasteiger partial charge is 0.410 e. The van der Waals surface area contributed by atoms with Crippen LogP contribution in [-0.4, -0.2) is 71.1 Å². The molecular formula is C31H36N6O5. The number of amides is 1. The number of ether oxygens (including phenoxy) is 4. The standard InChI is InChI=1S/C31H36N6O5/c1-31(2,3)42-30(38)37-14-10-21(19-37)24-6-8-27(35-28(24)39-4)36-29-33-13-9-25(34-29)20-5-7-26(22(17-20)18-32)41-23-11-15-40-16-12-23/h5-9,13,17,21,23H,10-12,14-16,19H2,1-4H3,(H,33,34,35,36). The third kappa shape index (κ3) is 7.06. The summed E-state index contributed by atoms with van der Waals surface area (Å²) in [5.41, 5.74) is 2.26. The predicted octanol–water partition coefficient (Wildman–Crippen LogP) is 5.44. The Bertz CT molecular complexity index is 1460. The summed E-state index contributed by atoms with van der Waals surface area (Å²) in [5, 5.41) is 12.9. The number of carbonyl (C=O) groups excluding carboxylic acids is 1. The van der Waals surface area contributed by atoms with Gasteiger partial charge in [-0.05, 0) is 63.6 Å². The topological polar surface area (TPSA) is 132 Å². The Hall–Kier alpha value is -4.43. The van der Waals surface area contributed by atoms with Crippen LogP contribution in [0.15, 0.2) is 42.6 Å². The highest BCUT2D eigenvalue weighted by Gasteiger charge is 2.32. The second-order valence-electron chi connectivity index (χ2n) is 11.3. The number of anilines is 2. The Morgan fingerprint density at radius 1 is 1.12 bits per heavy atom. The van der Waals surface area contributed by atoms with Crippen molar-refractivity contribution in [1.29, 1.82) is 5.26 Å². The van der Waals surface area contributed by atoms with Crippen LogP contribution in [0.4, 0.5) is 16.6 Å². The molecule has 1 atom stereocenters. The fraction of sp³-hybridized carbons (Fsp3) is 0.452. The number of rotatable bonds is 7. The molecule has 4 heterocycles. The minimum Gasteiger partial charge on any atom is -0.489 e. The SMILES string of the molecule is COc1nc(Nc2nccc(-c3ccc(OC4CCOCC4)c(C#N)c3)n2)ccc1C1CCN(C(=O)OC(C)(C)C)C1. The molecule has 2 fully saturated rings. The van der Waals surface area contributed by atoms with Crippen LogP contribution in [0, 0.1) is 11.3 Å². The van der Waals surface area contributed by atoms with Gasteiger partial charge in [0.15, 0.2) is 0 Å². The zero-order valence-electron chi connectivity index (χ0n) is 24.4. The summed E-state index contributed by atoms with van der Waals surface area (Å²) >= 11 is 0. The number of aromatic nitrogens is 3. The van der Waals surface area contributed by atoms with Gasteiger partial charge in [0.05, 0.1) is 31.6 Å². The number of methoxy groups -OCH3 is 1. The van der Waals surface area contributed by atoms with Gasteiger partial charge in [-0.25, -0.2) is 14.8 Å². The molecule has 3 aromatic rings. The van der Waals surface area contributed by atoms with Crippen molar-refractivity contribution in [1.82, 2.24) is 19.9 Å². The van der Waals surface area contributed by atoms with E-state index in [0.717, 1.165) is 30.4 Å². The first-order chi connectivity index (χ1) is 20.2.